The minimum atomic E-state index is -0.692. The summed E-state index contributed by atoms with van der Waals surface area (Å²) in [4.78, 5) is 27.3. The Morgan fingerprint density at radius 2 is 1.90 bits per heavy atom. The summed E-state index contributed by atoms with van der Waals surface area (Å²) in [6.07, 6.45) is 3.57. The van der Waals surface area contributed by atoms with Crippen molar-refractivity contribution in [3.05, 3.63) is 54.3 Å². The topological polar surface area (TPSA) is 70.7 Å². The van der Waals surface area contributed by atoms with E-state index >= 15 is 0 Å². The van der Waals surface area contributed by atoms with Gasteiger partial charge >= 0.3 is 0 Å². The smallest absolute Gasteiger partial charge is 0.258 e. The minimum Gasteiger partial charge on any atom is -0.481 e. The van der Waals surface area contributed by atoms with Crippen LogP contribution in [0.5, 0.6) is 5.75 Å². The first-order chi connectivity index (χ1) is 14.6. The van der Waals surface area contributed by atoms with Gasteiger partial charge in [0.1, 0.15) is 6.04 Å². The van der Waals surface area contributed by atoms with Gasteiger partial charge in [-0.25, -0.2) is 4.39 Å². The van der Waals surface area contributed by atoms with E-state index in [9.17, 15) is 14.0 Å². The van der Waals surface area contributed by atoms with Crippen molar-refractivity contribution in [3.63, 3.8) is 0 Å². The van der Waals surface area contributed by atoms with Gasteiger partial charge < -0.3 is 20.3 Å². The molecule has 0 bridgehead atoms. The fraction of sp³-hybridized carbons (Fsp3) is 0.391. The average molecular weight is 413 g/mol. The fourth-order valence-electron chi connectivity index (χ4n) is 3.48. The largest absolute Gasteiger partial charge is 0.481 e. The Labute approximate surface area is 176 Å². The van der Waals surface area contributed by atoms with E-state index in [4.69, 9.17) is 4.74 Å². The average Bonchev–Trinajstić information content (AvgIpc) is 3.28. The molecule has 3 rings (SSSR count). The molecular weight excluding hydrogens is 385 g/mol. The second-order valence-corrected chi connectivity index (χ2v) is 7.36. The molecule has 0 aromatic heterocycles. The first-order valence-electron chi connectivity index (χ1n) is 10.4. The van der Waals surface area contributed by atoms with Crippen LogP contribution in [0, 0.1) is 5.82 Å². The number of hydrogen-bond donors (Lipinski definition) is 2. The molecule has 2 amide bonds. The van der Waals surface area contributed by atoms with E-state index < -0.39 is 17.8 Å². The predicted octanol–water partition coefficient (Wildman–Crippen LogP) is 3.73. The Balaban J connectivity index is 1.57. The predicted molar refractivity (Wildman–Crippen MR) is 115 cm³/mol. The molecule has 30 heavy (non-hydrogen) atoms. The van der Waals surface area contributed by atoms with Crippen LogP contribution in [0.2, 0.25) is 0 Å². The highest BCUT2D eigenvalue weighted by Gasteiger charge is 2.21. The molecule has 0 unspecified atom stereocenters. The number of nitrogens with one attached hydrogen (secondary N) is 2. The molecule has 2 N–H and O–H groups in total. The van der Waals surface area contributed by atoms with Crippen molar-refractivity contribution >= 4 is 23.2 Å². The number of carbonyl (C=O) groups is 2. The first-order valence-corrected chi connectivity index (χ1v) is 10.4. The van der Waals surface area contributed by atoms with Crippen LogP contribution < -0.4 is 20.3 Å². The Morgan fingerprint density at radius 1 is 1.13 bits per heavy atom. The summed E-state index contributed by atoms with van der Waals surface area (Å²) in [5, 5.41) is 5.59. The summed E-state index contributed by atoms with van der Waals surface area (Å²) >= 11 is 0. The summed E-state index contributed by atoms with van der Waals surface area (Å²) in [7, 11) is 0. The van der Waals surface area contributed by atoms with E-state index in [1.54, 1.807) is 12.1 Å². The van der Waals surface area contributed by atoms with Crippen LogP contribution in [-0.4, -0.2) is 37.6 Å². The molecule has 0 spiro atoms. The molecule has 7 heteroatoms. The molecule has 0 radical (unpaired) electrons. The van der Waals surface area contributed by atoms with E-state index in [0.717, 1.165) is 25.2 Å². The van der Waals surface area contributed by atoms with Gasteiger partial charge in [-0.15, -0.1) is 0 Å². The van der Waals surface area contributed by atoms with E-state index in [0.29, 0.717) is 12.1 Å². The first kappa shape index (κ1) is 21.6. The lowest BCUT2D eigenvalue weighted by molar-refractivity contribution is -0.128. The van der Waals surface area contributed by atoms with Gasteiger partial charge in [-0.1, -0.05) is 31.5 Å². The van der Waals surface area contributed by atoms with Gasteiger partial charge in [-0.2, -0.15) is 0 Å². The van der Waals surface area contributed by atoms with Crippen molar-refractivity contribution in [1.82, 2.24) is 5.32 Å². The third-order valence-electron chi connectivity index (χ3n) is 5.01. The molecule has 160 valence electrons. The zero-order valence-electron chi connectivity index (χ0n) is 17.2. The number of carbonyl (C=O) groups excluding carboxylic acids is 2. The zero-order chi connectivity index (χ0) is 21.3. The van der Waals surface area contributed by atoms with Crippen molar-refractivity contribution in [3.8, 4) is 5.75 Å². The number of amides is 2. The Hall–Kier alpha value is -3.09. The Morgan fingerprint density at radius 3 is 2.63 bits per heavy atom. The van der Waals surface area contributed by atoms with Crippen molar-refractivity contribution in [1.29, 1.82) is 0 Å². The number of nitrogens with zero attached hydrogens (tertiary/aromatic N) is 1. The second-order valence-electron chi connectivity index (χ2n) is 7.36. The molecule has 0 saturated carbocycles. The van der Waals surface area contributed by atoms with Gasteiger partial charge in [-0.05, 0) is 49.6 Å². The molecule has 1 heterocycles. The van der Waals surface area contributed by atoms with Gasteiger partial charge in [0.05, 0.1) is 0 Å². The molecule has 6 nitrogen and oxygen atoms in total. The van der Waals surface area contributed by atoms with Crippen molar-refractivity contribution in [2.45, 2.75) is 38.6 Å². The number of anilines is 2. The highest BCUT2D eigenvalue weighted by molar-refractivity contribution is 5.97. The van der Waals surface area contributed by atoms with Gasteiger partial charge in [-0.3, -0.25) is 9.59 Å². The molecule has 0 aliphatic carbocycles. The van der Waals surface area contributed by atoms with Crippen LogP contribution >= 0.6 is 0 Å². The number of hydrogen-bond acceptors (Lipinski definition) is 4. The summed E-state index contributed by atoms with van der Waals surface area (Å²) < 4.78 is 18.8. The number of para-hydroxylation sites is 1. The quantitative estimate of drug-likeness (QED) is 0.657. The monoisotopic (exact) mass is 413 g/mol. The highest BCUT2D eigenvalue weighted by Crippen LogP contribution is 2.23. The van der Waals surface area contributed by atoms with E-state index in [1.807, 2.05) is 31.2 Å². The van der Waals surface area contributed by atoms with Crippen molar-refractivity contribution < 1.29 is 18.7 Å². The number of ether oxygens (including phenoxy) is 1. The molecule has 1 atom stereocenters. The maximum absolute atomic E-state index is 13.6. The van der Waals surface area contributed by atoms with Crippen LogP contribution in [0.3, 0.4) is 0 Å². The Kier molecular flexibility index (Phi) is 7.65. The lowest BCUT2D eigenvalue weighted by atomic mass is 10.1. The number of rotatable bonds is 9. The van der Waals surface area contributed by atoms with Gasteiger partial charge in [0.25, 0.3) is 5.91 Å². The molecule has 1 aliphatic rings. The third-order valence-corrected chi connectivity index (χ3v) is 5.01. The van der Waals surface area contributed by atoms with Gasteiger partial charge in [0, 0.05) is 24.5 Å². The Bertz CT molecular complexity index is 868. The summed E-state index contributed by atoms with van der Waals surface area (Å²) in [6, 6.07) is 12.9. The van der Waals surface area contributed by atoms with Gasteiger partial charge in [0.15, 0.2) is 18.2 Å². The molecular formula is C23H28FN3O3. The van der Waals surface area contributed by atoms with Crippen LogP contribution in [-0.2, 0) is 9.59 Å². The van der Waals surface area contributed by atoms with Crippen molar-refractivity contribution in [2.24, 2.45) is 0 Å². The maximum atomic E-state index is 13.6. The van der Waals surface area contributed by atoms with E-state index in [1.165, 1.54) is 25.0 Å². The van der Waals surface area contributed by atoms with Gasteiger partial charge in [0.2, 0.25) is 5.91 Å². The fourth-order valence-corrected chi connectivity index (χ4v) is 3.48. The summed E-state index contributed by atoms with van der Waals surface area (Å²) in [5.41, 5.74) is 1.78. The SMILES string of the molecule is CCC[C@@H](NC(=O)COc1ccccc1F)C(=O)Nc1cccc(N2CCCC2)c1. The highest BCUT2D eigenvalue weighted by atomic mass is 19.1. The molecule has 1 aliphatic heterocycles. The molecule has 1 saturated heterocycles. The zero-order valence-corrected chi connectivity index (χ0v) is 17.2. The number of halogens is 1. The van der Waals surface area contributed by atoms with E-state index in [-0.39, 0.29) is 18.3 Å². The van der Waals surface area contributed by atoms with E-state index in [2.05, 4.69) is 15.5 Å². The summed E-state index contributed by atoms with van der Waals surface area (Å²) in [6.45, 7) is 3.62. The third kappa shape index (κ3) is 5.95. The normalized spacial score (nSPS) is 14.3. The molecule has 2 aromatic carbocycles. The lowest BCUT2D eigenvalue weighted by Gasteiger charge is -2.20. The van der Waals surface area contributed by atoms with Crippen molar-refractivity contribution in [2.75, 3.05) is 29.9 Å². The molecule has 2 aromatic rings. The van der Waals surface area contributed by atoms with Crippen LogP contribution in [0.1, 0.15) is 32.6 Å². The van der Waals surface area contributed by atoms with Crippen LogP contribution in [0.4, 0.5) is 15.8 Å². The lowest BCUT2D eigenvalue weighted by Crippen LogP contribution is -2.45. The summed E-state index contributed by atoms with van der Waals surface area (Å²) in [5.74, 6) is -1.29. The standard InChI is InChI=1S/C23H28FN3O3/c1-2-8-20(26-22(28)16-30-21-12-4-3-11-19(21)24)23(29)25-17-9-7-10-18(15-17)27-13-5-6-14-27/h3-4,7,9-12,15,20H,2,5-6,8,13-14,16H2,1H3,(H,25,29)(H,26,28)/t20-/m1/s1. The maximum Gasteiger partial charge on any atom is 0.258 e. The van der Waals surface area contributed by atoms with Crippen LogP contribution in [0.25, 0.3) is 0 Å². The molecule has 1 fully saturated rings. The minimum absolute atomic E-state index is 0.00266. The second kappa shape index (κ2) is 10.6. The van der Waals surface area contributed by atoms with Crippen LogP contribution in [0.15, 0.2) is 48.5 Å². The number of benzene rings is 2.